The fourth-order valence-corrected chi connectivity index (χ4v) is 4.11. The summed E-state index contributed by atoms with van der Waals surface area (Å²) in [5.74, 6) is 0.865. The SMILES string of the molecule is Cc1nc(C)c(CC(=O)N2CCn3nc(CNc4cnccn4)cc3C2)s1. The van der Waals surface area contributed by atoms with Crippen LogP contribution in [0.3, 0.4) is 0 Å². The van der Waals surface area contributed by atoms with E-state index in [-0.39, 0.29) is 5.91 Å². The molecule has 0 saturated heterocycles. The summed E-state index contributed by atoms with van der Waals surface area (Å²) in [5.41, 5.74) is 2.95. The smallest absolute Gasteiger partial charge is 0.228 e. The molecule has 0 bridgehead atoms. The highest BCUT2D eigenvalue weighted by Gasteiger charge is 2.23. The standard InChI is InChI=1S/C18H21N7OS/c1-12-16(27-13(2)22-12)8-18(26)24-5-6-25-15(11-24)7-14(23-25)9-21-17-10-19-3-4-20-17/h3-4,7,10H,5-6,8-9,11H2,1-2H3,(H,20,21). The van der Waals surface area contributed by atoms with Crippen LogP contribution >= 0.6 is 11.3 Å². The Morgan fingerprint density at radius 3 is 2.93 bits per heavy atom. The van der Waals surface area contributed by atoms with Gasteiger partial charge in [-0.2, -0.15) is 5.10 Å². The summed E-state index contributed by atoms with van der Waals surface area (Å²) in [4.78, 5) is 28.3. The Bertz CT molecular complexity index is 950. The highest BCUT2D eigenvalue weighted by molar-refractivity contribution is 7.11. The van der Waals surface area contributed by atoms with E-state index in [1.54, 1.807) is 29.9 Å². The second-order valence-corrected chi connectivity index (χ2v) is 7.82. The molecule has 8 nitrogen and oxygen atoms in total. The van der Waals surface area contributed by atoms with Crippen LogP contribution < -0.4 is 5.32 Å². The van der Waals surface area contributed by atoms with Crippen molar-refractivity contribution >= 4 is 23.1 Å². The number of nitrogens with one attached hydrogen (secondary N) is 1. The molecule has 0 fully saturated rings. The van der Waals surface area contributed by atoms with Crippen molar-refractivity contribution in [2.24, 2.45) is 0 Å². The number of carbonyl (C=O) groups is 1. The maximum absolute atomic E-state index is 12.7. The average molecular weight is 383 g/mol. The van der Waals surface area contributed by atoms with Gasteiger partial charge in [0.15, 0.2) is 0 Å². The molecule has 0 atom stereocenters. The van der Waals surface area contributed by atoms with Crippen molar-refractivity contribution in [3.05, 3.63) is 51.6 Å². The van der Waals surface area contributed by atoms with Crippen LogP contribution in [-0.4, -0.2) is 42.1 Å². The third-order valence-electron chi connectivity index (χ3n) is 4.53. The largest absolute Gasteiger partial charge is 0.363 e. The van der Waals surface area contributed by atoms with Crippen LogP contribution in [0.4, 0.5) is 5.82 Å². The molecule has 1 N–H and O–H groups in total. The molecule has 0 saturated carbocycles. The fourth-order valence-electron chi connectivity index (χ4n) is 3.18. The van der Waals surface area contributed by atoms with Crippen LogP contribution in [0, 0.1) is 13.8 Å². The van der Waals surface area contributed by atoms with Gasteiger partial charge in [0.05, 0.1) is 54.3 Å². The van der Waals surface area contributed by atoms with Crippen LogP contribution in [0.25, 0.3) is 0 Å². The van der Waals surface area contributed by atoms with Gasteiger partial charge in [0, 0.05) is 23.8 Å². The van der Waals surface area contributed by atoms with Gasteiger partial charge in [0.1, 0.15) is 5.82 Å². The van der Waals surface area contributed by atoms with E-state index >= 15 is 0 Å². The molecule has 1 aliphatic rings. The molecule has 1 aliphatic heterocycles. The summed E-state index contributed by atoms with van der Waals surface area (Å²) in [7, 11) is 0. The Balaban J connectivity index is 1.38. The predicted octanol–water partition coefficient (Wildman–Crippen LogP) is 1.94. The van der Waals surface area contributed by atoms with Crippen LogP contribution in [0.5, 0.6) is 0 Å². The lowest BCUT2D eigenvalue weighted by molar-refractivity contribution is -0.131. The van der Waals surface area contributed by atoms with Crippen molar-refractivity contribution in [2.75, 3.05) is 11.9 Å². The first-order valence-electron chi connectivity index (χ1n) is 8.84. The molecule has 27 heavy (non-hydrogen) atoms. The molecule has 4 rings (SSSR count). The Morgan fingerprint density at radius 2 is 2.19 bits per heavy atom. The molecule has 0 unspecified atom stereocenters. The molecule has 0 aliphatic carbocycles. The number of hydrogen-bond donors (Lipinski definition) is 1. The van der Waals surface area contributed by atoms with Gasteiger partial charge in [-0.15, -0.1) is 11.3 Å². The minimum atomic E-state index is 0.147. The van der Waals surface area contributed by atoms with Crippen molar-refractivity contribution in [3.63, 3.8) is 0 Å². The van der Waals surface area contributed by atoms with E-state index in [4.69, 9.17) is 0 Å². The lowest BCUT2D eigenvalue weighted by Gasteiger charge is -2.27. The highest BCUT2D eigenvalue weighted by Crippen LogP contribution is 2.20. The van der Waals surface area contributed by atoms with Gasteiger partial charge in [-0.1, -0.05) is 0 Å². The topological polar surface area (TPSA) is 88.8 Å². The van der Waals surface area contributed by atoms with Crippen molar-refractivity contribution in [3.8, 4) is 0 Å². The first-order valence-corrected chi connectivity index (χ1v) is 9.66. The fraction of sp³-hybridized carbons (Fsp3) is 0.389. The molecule has 3 aromatic heterocycles. The maximum atomic E-state index is 12.7. The van der Waals surface area contributed by atoms with E-state index in [0.717, 1.165) is 32.8 Å². The Labute approximate surface area is 161 Å². The number of rotatable bonds is 5. The average Bonchev–Trinajstić information content (AvgIpc) is 3.22. The Hall–Kier alpha value is -2.81. The van der Waals surface area contributed by atoms with E-state index in [2.05, 4.69) is 25.4 Å². The summed E-state index contributed by atoms with van der Waals surface area (Å²) < 4.78 is 1.99. The number of hydrogen-bond acceptors (Lipinski definition) is 7. The van der Waals surface area contributed by atoms with Crippen LogP contribution in [-0.2, 0) is 30.8 Å². The summed E-state index contributed by atoms with van der Waals surface area (Å²) >= 11 is 1.61. The molecule has 0 spiro atoms. The van der Waals surface area contributed by atoms with E-state index in [9.17, 15) is 4.79 Å². The van der Waals surface area contributed by atoms with Gasteiger partial charge < -0.3 is 10.2 Å². The first-order chi connectivity index (χ1) is 13.1. The second kappa shape index (κ2) is 7.43. The number of aryl methyl sites for hydroxylation is 2. The van der Waals surface area contributed by atoms with Crippen molar-refractivity contribution in [2.45, 2.75) is 39.9 Å². The summed E-state index contributed by atoms with van der Waals surface area (Å²) in [6.07, 6.45) is 5.39. The quantitative estimate of drug-likeness (QED) is 0.724. The molecular formula is C18H21N7OS. The highest BCUT2D eigenvalue weighted by atomic mass is 32.1. The number of carbonyl (C=O) groups excluding carboxylic acids is 1. The third-order valence-corrected chi connectivity index (χ3v) is 5.60. The van der Waals surface area contributed by atoms with Gasteiger partial charge >= 0.3 is 0 Å². The molecular weight excluding hydrogens is 362 g/mol. The number of nitrogens with zero attached hydrogens (tertiary/aromatic N) is 6. The lowest BCUT2D eigenvalue weighted by Crippen LogP contribution is -2.39. The third kappa shape index (κ3) is 3.97. The molecule has 140 valence electrons. The Morgan fingerprint density at radius 1 is 1.30 bits per heavy atom. The second-order valence-electron chi connectivity index (χ2n) is 6.53. The van der Waals surface area contributed by atoms with E-state index < -0.39 is 0 Å². The first kappa shape index (κ1) is 17.6. The number of fused-ring (bicyclic) bond motifs is 1. The lowest BCUT2D eigenvalue weighted by atomic mass is 10.2. The zero-order chi connectivity index (χ0) is 18.8. The van der Waals surface area contributed by atoms with Gasteiger partial charge in [0.2, 0.25) is 5.91 Å². The summed E-state index contributed by atoms with van der Waals surface area (Å²) in [6.45, 7) is 6.50. The summed E-state index contributed by atoms with van der Waals surface area (Å²) in [5, 5.41) is 8.84. The maximum Gasteiger partial charge on any atom is 0.228 e. The van der Waals surface area contributed by atoms with Gasteiger partial charge in [-0.05, 0) is 19.9 Å². The predicted molar refractivity (Wildman–Crippen MR) is 102 cm³/mol. The van der Waals surface area contributed by atoms with Crippen molar-refractivity contribution in [1.82, 2.24) is 29.6 Å². The van der Waals surface area contributed by atoms with Gasteiger partial charge in [-0.25, -0.2) is 9.97 Å². The number of thiazole rings is 1. The molecule has 9 heteroatoms. The van der Waals surface area contributed by atoms with E-state index in [1.165, 1.54) is 0 Å². The van der Waals surface area contributed by atoms with Crippen LogP contribution in [0.2, 0.25) is 0 Å². The molecule has 4 heterocycles. The zero-order valence-corrected chi connectivity index (χ0v) is 16.2. The van der Waals surface area contributed by atoms with Crippen molar-refractivity contribution < 1.29 is 4.79 Å². The van der Waals surface area contributed by atoms with Crippen LogP contribution in [0.15, 0.2) is 24.7 Å². The number of amides is 1. The monoisotopic (exact) mass is 383 g/mol. The van der Waals surface area contributed by atoms with Gasteiger partial charge in [-0.3, -0.25) is 14.5 Å². The molecule has 0 aromatic carbocycles. The molecule has 0 radical (unpaired) electrons. The zero-order valence-electron chi connectivity index (χ0n) is 15.3. The molecule has 1 amide bonds. The number of anilines is 1. The Kier molecular flexibility index (Phi) is 4.85. The van der Waals surface area contributed by atoms with E-state index in [0.29, 0.717) is 32.6 Å². The van der Waals surface area contributed by atoms with Gasteiger partial charge in [0.25, 0.3) is 0 Å². The number of aromatic nitrogens is 5. The molecule has 3 aromatic rings. The minimum absolute atomic E-state index is 0.147. The van der Waals surface area contributed by atoms with Crippen LogP contribution in [0.1, 0.15) is 27.0 Å². The van der Waals surface area contributed by atoms with E-state index in [1.807, 2.05) is 29.5 Å². The summed E-state index contributed by atoms with van der Waals surface area (Å²) in [6, 6.07) is 2.05. The van der Waals surface area contributed by atoms with Crippen molar-refractivity contribution in [1.29, 1.82) is 0 Å². The minimum Gasteiger partial charge on any atom is -0.363 e. The normalized spacial score (nSPS) is 13.5.